The van der Waals surface area contributed by atoms with Crippen LogP contribution in [0.2, 0.25) is 0 Å². The molecule has 2 amide bonds. The van der Waals surface area contributed by atoms with E-state index in [0.717, 1.165) is 25.9 Å². The number of hydrogen-bond donors (Lipinski definition) is 2. The number of nitrogens with zero attached hydrogens (tertiary/aromatic N) is 3. The lowest BCUT2D eigenvalue weighted by molar-refractivity contribution is -0.114. The summed E-state index contributed by atoms with van der Waals surface area (Å²) in [7, 11) is 0. The molecule has 7 nitrogen and oxygen atoms in total. The number of rotatable bonds is 4. The van der Waals surface area contributed by atoms with Crippen LogP contribution < -0.4 is 15.5 Å². The van der Waals surface area contributed by atoms with Crippen LogP contribution in [0.3, 0.4) is 0 Å². The molecule has 1 aliphatic heterocycles. The predicted molar refractivity (Wildman–Crippen MR) is 101 cm³/mol. The van der Waals surface area contributed by atoms with Crippen LogP contribution >= 0.6 is 0 Å². The molecule has 2 N–H and O–H groups in total. The molecule has 1 aromatic carbocycles. The number of benzene rings is 1. The molecule has 136 valence electrons. The van der Waals surface area contributed by atoms with Crippen molar-refractivity contribution < 1.29 is 9.59 Å². The van der Waals surface area contributed by atoms with Crippen molar-refractivity contribution in [2.75, 3.05) is 28.6 Å². The maximum absolute atomic E-state index is 12.5. The molecule has 0 unspecified atom stereocenters. The van der Waals surface area contributed by atoms with Crippen LogP contribution in [0.5, 0.6) is 0 Å². The number of hydrogen-bond acceptors (Lipinski definition) is 5. The minimum Gasteiger partial charge on any atom is -0.341 e. The second kappa shape index (κ2) is 8.42. The fourth-order valence-corrected chi connectivity index (χ4v) is 2.93. The zero-order valence-corrected chi connectivity index (χ0v) is 14.9. The van der Waals surface area contributed by atoms with Gasteiger partial charge in [-0.25, -0.2) is 9.97 Å². The molecule has 0 spiro atoms. The van der Waals surface area contributed by atoms with E-state index in [-0.39, 0.29) is 11.8 Å². The summed E-state index contributed by atoms with van der Waals surface area (Å²) in [5.74, 6) is 0.195. The maximum Gasteiger partial charge on any atom is 0.274 e. The minimum absolute atomic E-state index is 0.135. The van der Waals surface area contributed by atoms with E-state index in [1.165, 1.54) is 19.8 Å². The first-order valence-electron chi connectivity index (χ1n) is 8.89. The highest BCUT2D eigenvalue weighted by Crippen LogP contribution is 2.17. The Labute approximate surface area is 152 Å². The number of carbonyl (C=O) groups is 2. The van der Waals surface area contributed by atoms with Crippen molar-refractivity contribution in [1.82, 2.24) is 9.97 Å². The van der Waals surface area contributed by atoms with Crippen LogP contribution in [0.1, 0.15) is 43.1 Å². The van der Waals surface area contributed by atoms with Gasteiger partial charge in [0.1, 0.15) is 5.69 Å². The highest BCUT2D eigenvalue weighted by molar-refractivity contribution is 6.03. The first-order chi connectivity index (χ1) is 12.6. The highest BCUT2D eigenvalue weighted by Gasteiger charge is 2.15. The van der Waals surface area contributed by atoms with Crippen LogP contribution in [0.25, 0.3) is 0 Å². The molecule has 2 aromatic rings. The standard InChI is InChI=1S/C19H23N5O2/c1-14(25)21-15-6-8-16(9-7-15)22-18(26)17-10-11-20-19(23-17)24-12-4-2-3-5-13-24/h6-11H,2-5,12-13H2,1H3,(H,21,25)(H,22,26). The Bertz CT molecular complexity index is 768. The van der Waals surface area contributed by atoms with E-state index in [1.807, 2.05) is 0 Å². The zero-order chi connectivity index (χ0) is 18.4. The van der Waals surface area contributed by atoms with Crippen LogP contribution in [0.15, 0.2) is 36.5 Å². The molecule has 2 heterocycles. The van der Waals surface area contributed by atoms with Gasteiger partial charge in [0.05, 0.1) is 0 Å². The normalized spacial score (nSPS) is 14.4. The number of carbonyl (C=O) groups excluding carboxylic acids is 2. The topological polar surface area (TPSA) is 87.2 Å². The molecule has 0 radical (unpaired) electrons. The lowest BCUT2D eigenvalue weighted by Gasteiger charge is -2.20. The maximum atomic E-state index is 12.5. The third-order valence-corrected chi connectivity index (χ3v) is 4.23. The third kappa shape index (κ3) is 4.78. The second-order valence-corrected chi connectivity index (χ2v) is 6.36. The van der Waals surface area contributed by atoms with Gasteiger partial charge in [0.15, 0.2) is 0 Å². The SMILES string of the molecule is CC(=O)Nc1ccc(NC(=O)c2ccnc(N3CCCCCC3)n2)cc1. The van der Waals surface area contributed by atoms with E-state index >= 15 is 0 Å². The molecular weight excluding hydrogens is 330 g/mol. The fraction of sp³-hybridized carbons (Fsp3) is 0.368. The Morgan fingerprint density at radius 1 is 0.923 bits per heavy atom. The molecule has 3 rings (SSSR count). The van der Waals surface area contributed by atoms with Crippen LogP contribution in [0, 0.1) is 0 Å². The van der Waals surface area contributed by atoms with Crippen molar-refractivity contribution in [3.63, 3.8) is 0 Å². The molecule has 26 heavy (non-hydrogen) atoms. The highest BCUT2D eigenvalue weighted by atomic mass is 16.2. The van der Waals surface area contributed by atoms with Crippen molar-refractivity contribution in [2.24, 2.45) is 0 Å². The van der Waals surface area contributed by atoms with Crippen LogP contribution in [0.4, 0.5) is 17.3 Å². The summed E-state index contributed by atoms with van der Waals surface area (Å²) in [6.07, 6.45) is 6.33. The third-order valence-electron chi connectivity index (χ3n) is 4.23. The van der Waals surface area contributed by atoms with Gasteiger partial charge < -0.3 is 15.5 Å². The van der Waals surface area contributed by atoms with Crippen molar-refractivity contribution in [3.05, 3.63) is 42.2 Å². The second-order valence-electron chi connectivity index (χ2n) is 6.36. The minimum atomic E-state index is -0.282. The Balaban J connectivity index is 1.67. The van der Waals surface area contributed by atoms with Gasteiger partial charge in [0.25, 0.3) is 5.91 Å². The summed E-state index contributed by atoms with van der Waals surface area (Å²) < 4.78 is 0. The number of aromatic nitrogens is 2. The molecule has 0 aliphatic carbocycles. The van der Waals surface area contributed by atoms with E-state index in [9.17, 15) is 9.59 Å². The van der Waals surface area contributed by atoms with Gasteiger partial charge in [0.2, 0.25) is 11.9 Å². The summed E-state index contributed by atoms with van der Waals surface area (Å²) in [6, 6.07) is 8.56. The quantitative estimate of drug-likeness (QED) is 0.882. The number of amides is 2. The van der Waals surface area contributed by atoms with Gasteiger partial charge >= 0.3 is 0 Å². The Morgan fingerprint density at radius 2 is 1.54 bits per heavy atom. The van der Waals surface area contributed by atoms with Gasteiger partial charge in [0, 0.05) is 37.6 Å². The molecule has 7 heteroatoms. The zero-order valence-electron chi connectivity index (χ0n) is 14.9. The fourth-order valence-electron chi connectivity index (χ4n) is 2.93. The van der Waals surface area contributed by atoms with E-state index < -0.39 is 0 Å². The summed E-state index contributed by atoms with van der Waals surface area (Å²) in [5, 5.41) is 5.51. The molecule has 1 saturated heterocycles. The van der Waals surface area contributed by atoms with E-state index in [2.05, 4.69) is 25.5 Å². The largest absolute Gasteiger partial charge is 0.341 e. The van der Waals surface area contributed by atoms with Crippen LogP contribution in [-0.4, -0.2) is 34.9 Å². The smallest absolute Gasteiger partial charge is 0.274 e. The molecular formula is C19H23N5O2. The summed E-state index contributed by atoms with van der Waals surface area (Å²) in [6.45, 7) is 3.30. The number of nitrogens with one attached hydrogen (secondary N) is 2. The number of anilines is 3. The molecule has 0 saturated carbocycles. The summed E-state index contributed by atoms with van der Waals surface area (Å²) >= 11 is 0. The average Bonchev–Trinajstić information content (AvgIpc) is 2.92. The van der Waals surface area contributed by atoms with Gasteiger partial charge in [-0.2, -0.15) is 0 Å². The summed E-state index contributed by atoms with van der Waals surface area (Å²) in [4.78, 5) is 34.4. The molecule has 0 bridgehead atoms. The van der Waals surface area contributed by atoms with E-state index in [1.54, 1.807) is 36.5 Å². The van der Waals surface area contributed by atoms with Gasteiger partial charge in [-0.15, -0.1) is 0 Å². The van der Waals surface area contributed by atoms with Crippen molar-refractivity contribution in [3.8, 4) is 0 Å². The molecule has 1 aromatic heterocycles. The molecule has 0 atom stereocenters. The molecule has 1 aliphatic rings. The Kier molecular flexibility index (Phi) is 5.78. The van der Waals surface area contributed by atoms with Gasteiger partial charge in [-0.3, -0.25) is 9.59 Å². The first-order valence-corrected chi connectivity index (χ1v) is 8.89. The van der Waals surface area contributed by atoms with E-state index in [0.29, 0.717) is 23.0 Å². The van der Waals surface area contributed by atoms with Gasteiger partial charge in [-0.05, 0) is 43.2 Å². The van der Waals surface area contributed by atoms with Crippen molar-refractivity contribution in [2.45, 2.75) is 32.6 Å². The van der Waals surface area contributed by atoms with Gasteiger partial charge in [-0.1, -0.05) is 12.8 Å². The lowest BCUT2D eigenvalue weighted by Crippen LogP contribution is -2.27. The summed E-state index contributed by atoms with van der Waals surface area (Å²) in [5.41, 5.74) is 1.66. The monoisotopic (exact) mass is 353 g/mol. The first kappa shape index (κ1) is 17.8. The Hall–Kier alpha value is -2.96. The lowest BCUT2D eigenvalue weighted by atomic mass is 10.2. The molecule has 1 fully saturated rings. The van der Waals surface area contributed by atoms with Crippen molar-refractivity contribution in [1.29, 1.82) is 0 Å². The Morgan fingerprint density at radius 3 is 2.15 bits per heavy atom. The van der Waals surface area contributed by atoms with Crippen molar-refractivity contribution >= 4 is 29.1 Å². The van der Waals surface area contributed by atoms with E-state index in [4.69, 9.17) is 0 Å². The average molecular weight is 353 g/mol. The van der Waals surface area contributed by atoms with Crippen LogP contribution in [-0.2, 0) is 4.79 Å². The predicted octanol–water partition coefficient (Wildman–Crippen LogP) is 3.07.